The quantitative estimate of drug-likeness (QED) is 0.212. The zero-order valence-electron chi connectivity index (χ0n) is 17.6. The number of fused-ring (bicyclic) bond motifs is 8. The summed E-state index contributed by atoms with van der Waals surface area (Å²) < 4.78 is 2.37. The van der Waals surface area contributed by atoms with E-state index in [9.17, 15) is 0 Å². The maximum atomic E-state index is 5.25. The van der Waals surface area contributed by atoms with Crippen LogP contribution in [0, 0.1) is 0 Å². The van der Waals surface area contributed by atoms with Gasteiger partial charge in [0.2, 0.25) is 0 Å². The van der Waals surface area contributed by atoms with Crippen molar-refractivity contribution in [3.63, 3.8) is 0 Å². The Bertz CT molecular complexity index is 1820. The van der Waals surface area contributed by atoms with Gasteiger partial charge in [-0.3, -0.25) is 4.40 Å². The molecule has 0 radical (unpaired) electrons. The number of nitrogens with zero attached hydrogens (tertiary/aromatic N) is 4. The van der Waals surface area contributed by atoms with Crippen molar-refractivity contribution in [3.8, 4) is 0 Å². The fraction of sp³-hybridized carbons (Fsp3) is 0.148. The van der Waals surface area contributed by atoms with Crippen LogP contribution in [-0.2, 0) is 5.41 Å². The van der Waals surface area contributed by atoms with Crippen molar-refractivity contribution in [2.45, 2.75) is 26.2 Å². The average molecular weight is 400 g/mol. The van der Waals surface area contributed by atoms with Gasteiger partial charge in [-0.25, -0.2) is 15.0 Å². The standard InChI is InChI=1S/C27H20N4/c1-27(2,3)25-24-20-13-28-14-29-22(20)19-12-15-8-4-5-9-16(15)21-17-10-6-7-11-18(17)26(30-25)31(24)23(19)21/h4-14H,1-3H3. The number of rotatable bonds is 0. The average Bonchev–Trinajstić information content (AvgIpc) is 3.20. The summed E-state index contributed by atoms with van der Waals surface area (Å²) in [5.41, 5.74) is 5.28. The van der Waals surface area contributed by atoms with E-state index in [0.717, 1.165) is 33.1 Å². The fourth-order valence-corrected chi connectivity index (χ4v) is 5.23. The van der Waals surface area contributed by atoms with E-state index in [0.29, 0.717) is 0 Å². The molecule has 0 atom stereocenters. The van der Waals surface area contributed by atoms with Crippen molar-refractivity contribution in [2.75, 3.05) is 0 Å². The Kier molecular flexibility index (Phi) is 2.99. The number of pyridine rings is 2. The Balaban J connectivity index is 1.98. The molecule has 0 amide bonds. The van der Waals surface area contributed by atoms with Gasteiger partial charge in [0, 0.05) is 33.2 Å². The van der Waals surface area contributed by atoms with Gasteiger partial charge in [-0.2, -0.15) is 0 Å². The van der Waals surface area contributed by atoms with Crippen molar-refractivity contribution in [1.29, 1.82) is 0 Å². The summed E-state index contributed by atoms with van der Waals surface area (Å²) in [4.78, 5) is 14.4. The molecule has 7 aromatic rings. The lowest BCUT2D eigenvalue weighted by Gasteiger charge is -2.19. The summed E-state index contributed by atoms with van der Waals surface area (Å²) in [5.74, 6) is 0. The van der Waals surface area contributed by atoms with E-state index in [4.69, 9.17) is 9.97 Å². The van der Waals surface area contributed by atoms with Crippen LogP contribution in [0.2, 0.25) is 0 Å². The van der Waals surface area contributed by atoms with Crippen LogP contribution in [0.4, 0.5) is 0 Å². The predicted molar refractivity (Wildman–Crippen MR) is 128 cm³/mol. The van der Waals surface area contributed by atoms with Gasteiger partial charge in [-0.15, -0.1) is 0 Å². The molecule has 0 N–H and O–H groups in total. The van der Waals surface area contributed by atoms with Crippen LogP contribution in [0.1, 0.15) is 26.5 Å². The number of benzene rings is 3. The van der Waals surface area contributed by atoms with Gasteiger partial charge < -0.3 is 0 Å². The third-order valence-electron chi connectivity index (χ3n) is 6.49. The molecular weight excluding hydrogens is 380 g/mol. The minimum Gasteiger partial charge on any atom is -0.291 e. The summed E-state index contributed by atoms with van der Waals surface area (Å²) in [6.07, 6.45) is 3.60. The number of aromatic nitrogens is 4. The van der Waals surface area contributed by atoms with Crippen molar-refractivity contribution in [2.24, 2.45) is 0 Å². The fourth-order valence-electron chi connectivity index (χ4n) is 5.23. The van der Waals surface area contributed by atoms with Crippen LogP contribution in [0.25, 0.3) is 59.9 Å². The molecule has 4 aromatic heterocycles. The normalized spacial score (nSPS) is 13.0. The van der Waals surface area contributed by atoms with E-state index in [-0.39, 0.29) is 5.41 Å². The first-order valence-corrected chi connectivity index (χ1v) is 10.6. The highest BCUT2D eigenvalue weighted by molar-refractivity contribution is 6.31. The second-order valence-electron chi connectivity index (χ2n) is 9.42. The van der Waals surface area contributed by atoms with E-state index < -0.39 is 0 Å². The molecule has 0 aliphatic rings. The van der Waals surface area contributed by atoms with Crippen molar-refractivity contribution >= 4 is 59.9 Å². The molecule has 4 heteroatoms. The molecule has 0 bridgehead atoms. The van der Waals surface area contributed by atoms with Gasteiger partial charge in [0.05, 0.1) is 22.2 Å². The zero-order valence-corrected chi connectivity index (χ0v) is 17.6. The topological polar surface area (TPSA) is 43.1 Å². The smallest absolute Gasteiger partial charge is 0.146 e. The highest BCUT2D eigenvalue weighted by Crippen LogP contribution is 2.44. The molecule has 7 rings (SSSR count). The van der Waals surface area contributed by atoms with Crippen LogP contribution in [0.15, 0.2) is 67.1 Å². The molecule has 0 aliphatic carbocycles. The molecular formula is C27H20N4. The number of imidazole rings is 1. The molecule has 31 heavy (non-hydrogen) atoms. The zero-order chi connectivity index (χ0) is 20.9. The molecule has 3 aromatic carbocycles. The maximum Gasteiger partial charge on any atom is 0.146 e. The Morgan fingerprint density at radius 3 is 2.32 bits per heavy atom. The van der Waals surface area contributed by atoms with E-state index in [1.165, 1.54) is 32.4 Å². The highest BCUT2D eigenvalue weighted by atomic mass is 15.0. The Morgan fingerprint density at radius 2 is 1.52 bits per heavy atom. The van der Waals surface area contributed by atoms with Crippen LogP contribution in [0.5, 0.6) is 0 Å². The predicted octanol–water partition coefficient (Wildman–Crippen LogP) is 6.63. The number of hydrogen-bond acceptors (Lipinski definition) is 3. The van der Waals surface area contributed by atoms with Crippen molar-refractivity contribution < 1.29 is 0 Å². The third-order valence-corrected chi connectivity index (χ3v) is 6.49. The van der Waals surface area contributed by atoms with Crippen molar-refractivity contribution in [3.05, 3.63) is 72.8 Å². The summed E-state index contributed by atoms with van der Waals surface area (Å²) in [6, 6.07) is 19.6. The number of hydrogen-bond donors (Lipinski definition) is 0. The van der Waals surface area contributed by atoms with Crippen LogP contribution < -0.4 is 0 Å². The second-order valence-corrected chi connectivity index (χ2v) is 9.42. The maximum absolute atomic E-state index is 5.25. The molecule has 0 saturated heterocycles. The Labute approximate surface area is 178 Å². The van der Waals surface area contributed by atoms with Gasteiger partial charge in [-0.1, -0.05) is 69.3 Å². The first kappa shape index (κ1) is 16.9. The molecule has 0 unspecified atom stereocenters. The first-order chi connectivity index (χ1) is 15.0. The lowest BCUT2D eigenvalue weighted by Crippen LogP contribution is -2.12. The summed E-state index contributed by atoms with van der Waals surface area (Å²) in [7, 11) is 0. The van der Waals surface area contributed by atoms with Gasteiger partial charge in [0.15, 0.2) is 0 Å². The van der Waals surface area contributed by atoms with Gasteiger partial charge in [0.25, 0.3) is 0 Å². The van der Waals surface area contributed by atoms with E-state index in [1.807, 2.05) is 6.20 Å². The molecule has 148 valence electrons. The largest absolute Gasteiger partial charge is 0.291 e. The summed E-state index contributed by atoms with van der Waals surface area (Å²) in [6.45, 7) is 6.68. The van der Waals surface area contributed by atoms with Crippen LogP contribution in [-0.4, -0.2) is 19.4 Å². The Morgan fingerprint density at radius 1 is 0.774 bits per heavy atom. The minimum absolute atomic E-state index is 0.115. The van der Waals surface area contributed by atoms with Gasteiger partial charge in [-0.05, 0) is 22.2 Å². The summed E-state index contributed by atoms with van der Waals surface area (Å²) in [5, 5.41) is 8.35. The van der Waals surface area contributed by atoms with E-state index >= 15 is 0 Å². The monoisotopic (exact) mass is 400 g/mol. The third kappa shape index (κ3) is 2.02. The molecule has 4 nitrogen and oxygen atoms in total. The lowest BCUT2D eigenvalue weighted by atomic mass is 9.90. The molecule has 0 spiro atoms. The molecule has 0 saturated carbocycles. The summed E-state index contributed by atoms with van der Waals surface area (Å²) >= 11 is 0. The first-order valence-electron chi connectivity index (χ1n) is 10.6. The molecule has 0 fully saturated rings. The van der Waals surface area contributed by atoms with Crippen LogP contribution >= 0.6 is 0 Å². The van der Waals surface area contributed by atoms with Crippen LogP contribution in [0.3, 0.4) is 0 Å². The highest BCUT2D eigenvalue weighted by Gasteiger charge is 2.28. The van der Waals surface area contributed by atoms with Crippen molar-refractivity contribution in [1.82, 2.24) is 19.4 Å². The van der Waals surface area contributed by atoms with Gasteiger partial charge >= 0.3 is 0 Å². The lowest BCUT2D eigenvalue weighted by molar-refractivity contribution is 0.579. The molecule has 4 heterocycles. The molecule has 0 aliphatic heterocycles. The minimum atomic E-state index is -0.115. The van der Waals surface area contributed by atoms with Gasteiger partial charge in [0.1, 0.15) is 12.0 Å². The van der Waals surface area contributed by atoms with E-state index in [1.54, 1.807) is 6.33 Å². The second kappa shape index (κ2) is 5.46. The van der Waals surface area contributed by atoms with E-state index in [2.05, 4.69) is 84.8 Å². The SMILES string of the molecule is CC(C)(C)c1nc2c3ccccc3c3c4ccccc4cc4c5ncncc5c1n2c43. The Hall–Kier alpha value is -3.79.